The van der Waals surface area contributed by atoms with Crippen LogP contribution in [0.5, 0.6) is 17.2 Å². The van der Waals surface area contributed by atoms with Crippen LogP contribution in [0.2, 0.25) is 10.0 Å². The Kier molecular flexibility index (Phi) is 8.84. The lowest BCUT2D eigenvalue weighted by Crippen LogP contribution is -2.29. The number of nitrogens with one attached hydrogen (secondary N) is 1. The van der Waals surface area contributed by atoms with Crippen LogP contribution in [0.1, 0.15) is 21.5 Å². The van der Waals surface area contributed by atoms with Crippen LogP contribution in [0.4, 0.5) is 8.78 Å². The van der Waals surface area contributed by atoms with Crippen molar-refractivity contribution < 1.29 is 32.6 Å². The van der Waals surface area contributed by atoms with Crippen molar-refractivity contribution in [2.75, 3.05) is 20.8 Å². The van der Waals surface area contributed by atoms with Gasteiger partial charge >= 0.3 is 0 Å². The number of pyridine rings is 1. The largest absolute Gasteiger partial charge is 0.493 e. The minimum Gasteiger partial charge on any atom is -0.493 e. The zero-order chi connectivity index (χ0) is 25.5. The van der Waals surface area contributed by atoms with Gasteiger partial charge in [0.1, 0.15) is 0 Å². The number of nitrogens with zero attached hydrogens (tertiary/aromatic N) is 1. The van der Waals surface area contributed by atoms with E-state index in [2.05, 4.69) is 10.3 Å². The van der Waals surface area contributed by atoms with Crippen LogP contribution in [0.25, 0.3) is 0 Å². The van der Waals surface area contributed by atoms with Crippen molar-refractivity contribution in [2.24, 2.45) is 0 Å². The fourth-order valence-corrected chi connectivity index (χ4v) is 3.69. The first kappa shape index (κ1) is 26.2. The molecule has 0 atom stereocenters. The lowest BCUT2D eigenvalue weighted by molar-refractivity contribution is -0.123. The summed E-state index contributed by atoms with van der Waals surface area (Å²) in [4.78, 5) is 29.4. The molecule has 184 valence electrons. The van der Waals surface area contributed by atoms with Crippen LogP contribution in [0, 0.1) is 11.6 Å². The maximum atomic E-state index is 13.8. The van der Waals surface area contributed by atoms with E-state index in [1.165, 1.54) is 50.9 Å². The molecule has 0 aliphatic heterocycles. The van der Waals surface area contributed by atoms with Gasteiger partial charge in [0.25, 0.3) is 5.91 Å². The molecule has 1 aromatic heterocycles. The number of ether oxygens (including phenoxy) is 3. The van der Waals surface area contributed by atoms with E-state index in [1.54, 1.807) is 0 Å². The number of carbonyl (C=O) groups is 2. The number of methoxy groups -OCH3 is 2. The zero-order valence-electron chi connectivity index (χ0n) is 18.7. The van der Waals surface area contributed by atoms with E-state index in [0.29, 0.717) is 5.56 Å². The molecule has 0 saturated heterocycles. The maximum absolute atomic E-state index is 13.8. The summed E-state index contributed by atoms with van der Waals surface area (Å²) < 4.78 is 43.4. The SMILES string of the molecule is COc1ccc(C(=O)Cc2c(Cl)cncc2Cl)c(OCC(=O)NCc2cccc(F)c2F)c1OC. The summed E-state index contributed by atoms with van der Waals surface area (Å²) in [5.74, 6) is -2.81. The number of Topliss-reactive ketones (excluding diaryl/α,β-unsaturated/α-hetero) is 1. The van der Waals surface area contributed by atoms with Gasteiger partial charge in [-0.2, -0.15) is 0 Å². The number of benzene rings is 2. The average Bonchev–Trinajstić information content (AvgIpc) is 2.85. The summed E-state index contributed by atoms with van der Waals surface area (Å²) in [6.45, 7) is -0.802. The van der Waals surface area contributed by atoms with Gasteiger partial charge in [0.2, 0.25) is 5.75 Å². The second kappa shape index (κ2) is 11.8. The molecule has 0 aliphatic carbocycles. The Bertz CT molecular complexity index is 1240. The topological polar surface area (TPSA) is 86.8 Å². The molecule has 11 heteroatoms. The summed E-state index contributed by atoms with van der Waals surface area (Å²) in [6, 6.07) is 6.63. The third-order valence-electron chi connectivity index (χ3n) is 4.95. The first-order valence-corrected chi connectivity index (χ1v) is 10.9. The van der Waals surface area contributed by atoms with Crippen molar-refractivity contribution >= 4 is 34.9 Å². The van der Waals surface area contributed by atoms with E-state index in [0.717, 1.165) is 6.07 Å². The Labute approximate surface area is 209 Å². The summed E-state index contributed by atoms with van der Waals surface area (Å²) in [5.41, 5.74) is 0.443. The van der Waals surface area contributed by atoms with E-state index >= 15 is 0 Å². The molecule has 7 nitrogen and oxygen atoms in total. The van der Waals surface area contributed by atoms with Crippen molar-refractivity contribution in [3.05, 3.63) is 81.1 Å². The van der Waals surface area contributed by atoms with E-state index in [1.807, 2.05) is 0 Å². The van der Waals surface area contributed by atoms with Crippen LogP contribution in [-0.2, 0) is 17.8 Å². The molecule has 1 heterocycles. The second-order valence-electron chi connectivity index (χ2n) is 7.14. The third kappa shape index (κ3) is 6.17. The minimum absolute atomic E-state index is 0.0284. The van der Waals surface area contributed by atoms with Crippen LogP contribution >= 0.6 is 23.2 Å². The van der Waals surface area contributed by atoms with Crippen molar-refractivity contribution in [1.29, 1.82) is 0 Å². The van der Waals surface area contributed by atoms with Gasteiger partial charge in [0.15, 0.2) is 35.5 Å². The summed E-state index contributed by atoms with van der Waals surface area (Å²) in [5, 5.41) is 2.88. The van der Waals surface area contributed by atoms with Gasteiger partial charge in [-0.1, -0.05) is 35.3 Å². The fourth-order valence-electron chi connectivity index (χ4n) is 3.19. The first-order valence-electron chi connectivity index (χ1n) is 10.1. The molecule has 0 saturated carbocycles. The van der Waals surface area contributed by atoms with Crippen molar-refractivity contribution in [1.82, 2.24) is 10.3 Å². The van der Waals surface area contributed by atoms with E-state index in [4.69, 9.17) is 37.4 Å². The van der Waals surface area contributed by atoms with Gasteiger partial charge in [0.05, 0.1) is 29.8 Å². The predicted molar refractivity (Wildman–Crippen MR) is 126 cm³/mol. The van der Waals surface area contributed by atoms with Gasteiger partial charge < -0.3 is 19.5 Å². The van der Waals surface area contributed by atoms with Crippen molar-refractivity contribution in [3.8, 4) is 17.2 Å². The smallest absolute Gasteiger partial charge is 0.258 e. The molecule has 0 aliphatic rings. The molecule has 0 radical (unpaired) electrons. The number of ketones is 1. The molecule has 35 heavy (non-hydrogen) atoms. The number of carbonyl (C=O) groups excluding carboxylic acids is 2. The fraction of sp³-hybridized carbons (Fsp3) is 0.208. The number of rotatable bonds is 10. The molecule has 0 fully saturated rings. The van der Waals surface area contributed by atoms with Crippen LogP contribution < -0.4 is 19.5 Å². The Hall–Kier alpha value is -3.43. The lowest BCUT2D eigenvalue weighted by atomic mass is 10.0. The van der Waals surface area contributed by atoms with Crippen LogP contribution in [0.15, 0.2) is 42.7 Å². The maximum Gasteiger partial charge on any atom is 0.258 e. The highest BCUT2D eigenvalue weighted by atomic mass is 35.5. The Morgan fingerprint density at radius 3 is 2.37 bits per heavy atom. The van der Waals surface area contributed by atoms with Gasteiger partial charge in [-0.05, 0) is 18.2 Å². The molecule has 1 N–H and O–H groups in total. The van der Waals surface area contributed by atoms with E-state index in [9.17, 15) is 18.4 Å². The Morgan fingerprint density at radius 2 is 1.71 bits per heavy atom. The number of aromatic nitrogens is 1. The zero-order valence-corrected chi connectivity index (χ0v) is 20.2. The summed E-state index contributed by atoms with van der Waals surface area (Å²) >= 11 is 12.3. The molecule has 1 amide bonds. The molecule has 3 aromatic rings. The van der Waals surface area contributed by atoms with Gasteiger partial charge in [-0.25, -0.2) is 8.78 Å². The van der Waals surface area contributed by atoms with Crippen molar-refractivity contribution in [3.63, 3.8) is 0 Å². The highest BCUT2D eigenvalue weighted by molar-refractivity contribution is 6.36. The Balaban J connectivity index is 1.81. The molecular formula is C24H20Cl2F2N2O5. The van der Waals surface area contributed by atoms with Crippen LogP contribution in [-0.4, -0.2) is 37.5 Å². The lowest BCUT2D eigenvalue weighted by Gasteiger charge is -2.17. The van der Waals surface area contributed by atoms with Gasteiger partial charge in [0, 0.05) is 36.5 Å². The summed E-state index contributed by atoms with van der Waals surface area (Å²) in [7, 11) is 2.75. The molecule has 2 aromatic carbocycles. The Morgan fingerprint density at radius 1 is 1.00 bits per heavy atom. The predicted octanol–water partition coefficient (Wildman–Crippen LogP) is 4.80. The van der Waals surface area contributed by atoms with Gasteiger partial charge in [-0.15, -0.1) is 0 Å². The molecule has 0 bridgehead atoms. The minimum atomic E-state index is -1.05. The molecule has 0 spiro atoms. The number of hydrogen-bond acceptors (Lipinski definition) is 6. The van der Waals surface area contributed by atoms with E-state index in [-0.39, 0.29) is 51.4 Å². The van der Waals surface area contributed by atoms with Gasteiger partial charge in [-0.3, -0.25) is 14.6 Å². The number of amides is 1. The third-order valence-corrected chi connectivity index (χ3v) is 5.60. The molecular weight excluding hydrogens is 505 g/mol. The number of hydrogen-bond donors (Lipinski definition) is 1. The highest BCUT2D eigenvalue weighted by Crippen LogP contribution is 2.41. The quantitative estimate of drug-likeness (QED) is 0.383. The average molecular weight is 525 g/mol. The monoisotopic (exact) mass is 524 g/mol. The summed E-state index contributed by atoms with van der Waals surface area (Å²) in [6.07, 6.45) is 2.57. The normalized spacial score (nSPS) is 10.6. The first-order chi connectivity index (χ1) is 16.8. The van der Waals surface area contributed by atoms with Crippen LogP contribution in [0.3, 0.4) is 0 Å². The second-order valence-corrected chi connectivity index (χ2v) is 7.95. The number of halogens is 4. The standard InChI is InChI=1S/C24H20Cl2F2N2O5/c1-33-20-7-6-14(19(31)8-15-16(25)10-29-11-17(15)26)23(24(20)34-2)35-12-21(32)30-9-13-4-3-5-18(27)22(13)28/h3-7,10-11H,8-9,12H2,1-2H3,(H,30,32). The highest BCUT2D eigenvalue weighted by Gasteiger charge is 2.24. The molecule has 0 unspecified atom stereocenters. The van der Waals surface area contributed by atoms with E-state index < -0.39 is 29.9 Å². The van der Waals surface area contributed by atoms with Crippen molar-refractivity contribution in [2.45, 2.75) is 13.0 Å². The molecule has 3 rings (SSSR count).